The average Bonchev–Trinajstić information content (AvgIpc) is 2.64. The number of halogens is 1. The number of amides is 1. The maximum Gasteiger partial charge on any atom is 0.255 e. The van der Waals surface area contributed by atoms with Crippen LogP contribution in [0, 0.1) is 0 Å². The average molecular weight is 352 g/mol. The molecule has 0 fully saturated rings. The zero-order valence-corrected chi connectivity index (χ0v) is 14.6. The molecule has 0 radical (unpaired) electrons. The van der Waals surface area contributed by atoms with Gasteiger partial charge >= 0.3 is 0 Å². The highest BCUT2D eigenvalue weighted by atomic mass is 35.5. The quantitative estimate of drug-likeness (QED) is 0.691. The van der Waals surface area contributed by atoms with E-state index in [1.807, 2.05) is 42.6 Å². The lowest BCUT2D eigenvalue weighted by molar-refractivity contribution is 0.102. The fourth-order valence-corrected chi connectivity index (χ4v) is 2.80. The highest BCUT2D eigenvalue weighted by Gasteiger charge is 2.10. The van der Waals surface area contributed by atoms with Crippen molar-refractivity contribution in [2.45, 2.75) is 6.92 Å². The number of aromatic nitrogens is 1. The number of carbonyl (C=O) groups excluding carboxylic acids is 1. The molecule has 1 aromatic heterocycles. The van der Waals surface area contributed by atoms with E-state index in [4.69, 9.17) is 11.6 Å². The summed E-state index contributed by atoms with van der Waals surface area (Å²) in [5, 5.41) is 3.45. The fraction of sp³-hybridized carbons (Fsp3) is 0.100. The lowest BCUT2D eigenvalue weighted by atomic mass is 10.2. The number of nitrogens with zero attached hydrogens (tertiary/aromatic N) is 2. The zero-order chi connectivity index (χ0) is 17.6. The Morgan fingerprint density at radius 2 is 1.88 bits per heavy atom. The zero-order valence-electron chi connectivity index (χ0n) is 13.8. The van der Waals surface area contributed by atoms with Crippen LogP contribution >= 0.6 is 11.6 Å². The third kappa shape index (κ3) is 4.17. The smallest absolute Gasteiger partial charge is 0.255 e. The third-order valence-electron chi connectivity index (χ3n) is 3.78. The summed E-state index contributed by atoms with van der Waals surface area (Å²) < 4.78 is 0. The summed E-state index contributed by atoms with van der Waals surface area (Å²) in [6, 6.07) is 18.5. The highest BCUT2D eigenvalue weighted by Crippen LogP contribution is 2.27. The molecule has 1 amide bonds. The molecule has 3 rings (SSSR count). The molecule has 5 heteroatoms. The van der Waals surface area contributed by atoms with Crippen LogP contribution in [-0.2, 0) is 0 Å². The summed E-state index contributed by atoms with van der Waals surface area (Å²) in [7, 11) is 0. The molecule has 25 heavy (non-hydrogen) atoms. The maximum atomic E-state index is 12.4. The normalized spacial score (nSPS) is 10.3. The lowest BCUT2D eigenvalue weighted by Gasteiger charge is -2.23. The van der Waals surface area contributed by atoms with Crippen molar-refractivity contribution < 1.29 is 4.79 Å². The molecular weight excluding hydrogens is 334 g/mol. The summed E-state index contributed by atoms with van der Waals surface area (Å²) in [5.74, 6) is -0.191. The summed E-state index contributed by atoms with van der Waals surface area (Å²) in [6.07, 6.45) is 3.57. The van der Waals surface area contributed by atoms with Crippen molar-refractivity contribution in [2.24, 2.45) is 0 Å². The second-order valence-corrected chi connectivity index (χ2v) is 5.91. The molecule has 0 aliphatic heterocycles. The van der Waals surface area contributed by atoms with Gasteiger partial charge in [-0.25, -0.2) is 0 Å². The molecule has 1 heterocycles. The Kier molecular flexibility index (Phi) is 5.31. The largest absolute Gasteiger partial charge is 0.340 e. The van der Waals surface area contributed by atoms with E-state index in [0.29, 0.717) is 10.6 Å². The van der Waals surface area contributed by atoms with Crippen LogP contribution in [0.3, 0.4) is 0 Å². The lowest BCUT2D eigenvalue weighted by Crippen LogP contribution is -2.17. The van der Waals surface area contributed by atoms with Crippen molar-refractivity contribution in [1.29, 1.82) is 0 Å². The van der Waals surface area contributed by atoms with Gasteiger partial charge in [-0.05, 0) is 55.5 Å². The van der Waals surface area contributed by atoms with Gasteiger partial charge in [0.05, 0.1) is 11.9 Å². The maximum absolute atomic E-state index is 12.4. The number of hydrogen-bond acceptors (Lipinski definition) is 3. The van der Waals surface area contributed by atoms with Crippen molar-refractivity contribution in [3.05, 3.63) is 83.6 Å². The fourth-order valence-electron chi connectivity index (χ4n) is 2.61. The molecule has 0 spiro atoms. The van der Waals surface area contributed by atoms with Gasteiger partial charge in [-0.15, -0.1) is 0 Å². The molecule has 0 bridgehead atoms. The molecule has 0 aliphatic rings. The van der Waals surface area contributed by atoms with E-state index in [-0.39, 0.29) is 5.91 Å². The van der Waals surface area contributed by atoms with Gasteiger partial charge in [-0.2, -0.15) is 0 Å². The van der Waals surface area contributed by atoms with Gasteiger partial charge in [0.1, 0.15) is 0 Å². The van der Waals surface area contributed by atoms with Gasteiger partial charge < -0.3 is 10.2 Å². The number of benzene rings is 2. The van der Waals surface area contributed by atoms with E-state index in [0.717, 1.165) is 23.6 Å². The van der Waals surface area contributed by atoms with Crippen LogP contribution in [0.1, 0.15) is 17.3 Å². The van der Waals surface area contributed by atoms with Crippen LogP contribution in [0.2, 0.25) is 5.02 Å². The minimum Gasteiger partial charge on any atom is -0.340 e. The Hall–Kier alpha value is -2.85. The van der Waals surface area contributed by atoms with E-state index >= 15 is 0 Å². The Morgan fingerprint density at radius 1 is 1.08 bits per heavy atom. The molecule has 0 unspecified atom stereocenters. The monoisotopic (exact) mass is 351 g/mol. The molecule has 0 saturated heterocycles. The third-order valence-corrected chi connectivity index (χ3v) is 4.01. The Bertz CT molecular complexity index is 868. The first-order valence-corrected chi connectivity index (χ1v) is 8.39. The summed E-state index contributed by atoms with van der Waals surface area (Å²) in [4.78, 5) is 18.7. The van der Waals surface area contributed by atoms with Crippen molar-refractivity contribution >= 4 is 34.6 Å². The van der Waals surface area contributed by atoms with Crippen molar-refractivity contribution in [2.75, 3.05) is 16.8 Å². The number of pyridine rings is 1. The van der Waals surface area contributed by atoms with Crippen molar-refractivity contribution in [3.63, 3.8) is 0 Å². The number of rotatable bonds is 5. The van der Waals surface area contributed by atoms with Crippen LogP contribution in [0.4, 0.5) is 17.1 Å². The van der Waals surface area contributed by atoms with Gasteiger partial charge in [0, 0.05) is 34.7 Å². The minimum atomic E-state index is -0.191. The number of nitrogens with one attached hydrogen (secondary N) is 1. The van der Waals surface area contributed by atoms with Gasteiger partial charge in [0.15, 0.2) is 0 Å². The van der Waals surface area contributed by atoms with Crippen molar-refractivity contribution in [3.8, 4) is 0 Å². The van der Waals surface area contributed by atoms with E-state index in [1.54, 1.807) is 30.5 Å². The SMILES string of the molecule is CCN(c1cccnc1)c1cccc(NC(=O)c2cccc(Cl)c2)c1. The second-order valence-electron chi connectivity index (χ2n) is 5.47. The minimum absolute atomic E-state index is 0.191. The van der Waals surface area contributed by atoms with Gasteiger partial charge in [0.25, 0.3) is 5.91 Å². The van der Waals surface area contributed by atoms with Crippen LogP contribution in [0.25, 0.3) is 0 Å². The molecule has 1 N–H and O–H groups in total. The molecule has 3 aromatic rings. The van der Waals surface area contributed by atoms with Crippen LogP contribution in [0.5, 0.6) is 0 Å². The van der Waals surface area contributed by atoms with E-state index in [2.05, 4.69) is 22.1 Å². The first-order chi connectivity index (χ1) is 12.2. The molecular formula is C20H18ClN3O. The topological polar surface area (TPSA) is 45.2 Å². The first kappa shape index (κ1) is 17.0. The van der Waals surface area contributed by atoms with Crippen LogP contribution in [-0.4, -0.2) is 17.4 Å². The summed E-state index contributed by atoms with van der Waals surface area (Å²) in [5.41, 5.74) is 3.24. The van der Waals surface area contributed by atoms with Gasteiger partial charge in [-0.1, -0.05) is 23.7 Å². The Morgan fingerprint density at radius 3 is 2.60 bits per heavy atom. The Balaban J connectivity index is 1.82. The van der Waals surface area contributed by atoms with Crippen LogP contribution in [0.15, 0.2) is 73.1 Å². The van der Waals surface area contributed by atoms with E-state index < -0.39 is 0 Å². The van der Waals surface area contributed by atoms with Gasteiger partial charge in [0.2, 0.25) is 0 Å². The van der Waals surface area contributed by atoms with Gasteiger partial charge in [-0.3, -0.25) is 9.78 Å². The van der Waals surface area contributed by atoms with Crippen molar-refractivity contribution in [1.82, 2.24) is 4.98 Å². The first-order valence-electron chi connectivity index (χ1n) is 8.02. The predicted octanol–water partition coefficient (Wildman–Crippen LogP) is 5.15. The number of carbonyl (C=O) groups is 1. The van der Waals surface area contributed by atoms with Crippen LogP contribution < -0.4 is 10.2 Å². The summed E-state index contributed by atoms with van der Waals surface area (Å²) >= 11 is 5.95. The second kappa shape index (κ2) is 7.81. The highest BCUT2D eigenvalue weighted by molar-refractivity contribution is 6.31. The molecule has 0 aliphatic carbocycles. The number of anilines is 3. The van der Waals surface area contributed by atoms with E-state index in [9.17, 15) is 4.79 Å². The van der Waals surface area contributed by atoms with E-state index in [1.165, 1.54) is 0 Å². The standard InChI is InChI=1S/C20H18ClN3O/c1-2-24(19-10-5-11-22-14-19)18-9-4-8-17(13-18)23-20(25)15-6-3-7-16(21)12-15/h3-14H,2H2,1H3,(H,23,25). The molecule has 0 saturated carbocycles. The molecule has 0 atom stereocenters. The predicted molar refractivity (Wildman–Crippen MR) is 103 cm³/mol. The molecule has 4 nitrogen and oxygen atoms in total. The molecule has 126 valence electrons. The summed E-state index contributed by atoms with van der Waals surface area (Å²) in [6.45, 7) is 2.86. The Labute approximate surface area is 152 Å². The number of hydrogen-bond donors (Lipinski definition) is 1. The molecule has 2 aromatic carbocycles.